The smallest absolute Gasteiger partial charge is 0.306 e. The number of aromatic nitrogens is 1. The molecular weight excluding hydrogens is 276 g/mol. The minimum absolute atomic E-state index is 0.113. The molecule has 2 aromatic rings. The normalized spacial score (nSPS) is 12.7. The molecule has 0 amide bonds. The van der Waals surface area contributed by atoms with Crippen LogP contribution in [0.15, 0.2) is 58.6 Å². The molecule has 0 bridgehead atoms. The van der Waals surface area contributed by atoms with Gasteiger partial charge in [0, 0.05) is 12.3 Å². The minimum Gasteiger partial charge on any atom is -0.368 e. The number of pyridine rings is 1. The van der Waals surface area contributed by atoms with E-state index < -0.39 is 0 Å². The molecule has 6 N–H and O–H groups in total. The van der Waals surface area contributed by atoms with Gasteiger partial charge < -0.3 is 11.5 Å². The molecule has 1 aromatic carbocycles. The van der Waals surface area contributed by atoms with Gasteiger partial charge in [-0.2, -0.15) is 0 Å². The lowest BCUT2D eigenvalue weighted by Crippen LogP contribution is -2.85. The van der Waals surface area contributed by atoms with E-state index in [1.807, 2.05) is 42.5 Å². The molecule has 0 aliphatic carbocycles. The van der Waals surface area contributed by atoms with Gasteiger partial charge in [0.1, 0.15) is 0 Å². The number of quaternary nitrogens is 1. The Morgan fingerprint density at radius 2 is 1.82 bits per heavy atom. The highest BCUT2D eigenvalue weighted by molar-refractivity contribution is 5.91. The van der Waals surface area contributed by atoms with E-state index in [0.717, 1.165) is 11.5 Å². The van der Waals surface area contributed by atoms with E-state index in [9.17, 15) is 0 Å². The zero-order valence-electron chi connectivity index (χ0n) is 12.8. The summed E-state index contributed by atoms with van der Waals surface area (Å²) in [7, 11) is 0. The van der Waals surface area contributed by atoms with Crippen LogP contribution in [0.5, 0.6) is 0 Å². The fourth-order valence-corrected chi connectivity index (χ4v) is 1.87. The number of guanidine groups is 2. The van der Waals surface area contributed by atoms with Gasteiger partial charge in [0.2, 0.25) is 11.8 Å². The van der Waals surface area contributed by atoms with Crippen LogP contribution in [-0.4, -0.2) is 16.9 Å². The molecule has 0 saturated carbocycles. The maximum atomic E-state index is 5.82. The van der Waals surface area contributed by atoms with Crippen molar-refractivity contribution in [2.75, 3.05) is 0 Å². The number of hydrogen-bond acceptors (Lipinski definition) is 2. The fourth-order valence-electron chi connectivity index (χ4n) is 1.87. The van der Waals surface area contributed by atoms with E-state index in [2.05, 4.69) is 28.8 Å². The summed E-state index contributed by atoms with van der Waals surface area (Å²) in [5.41, 5.74) is 13.6. The summed E-state index contributed by atoms with van der Waals surface area (Å²) >= 11 is 0. The summed E-state index contributed by atoms with van der Waals surface area (Å²) < 4.78 is 0. The molecule has 0 atom stereocenters. The van der Waals surface area contributed by atoms with Crippen molar-refractivity contribution in [1.29, 1.82) is 0 Å². The van der Waals surface area contributed by atoms with Crippen molar-refractivity contribution >= 4 is 23.4 Å². The van der Waals surface area contributed by atoms with Crippen LogP contribution in [0.1, 0.15) is 25.3 Å². The number of hydrogen-bond donors (Lipinski definition) is 3. The minimum atomic E-state index is 0.113. The third kappa shape index (κ3) is 4.68. The number of aliphatic imine (C=N–C) groups is 2. The van der Waals surface area contributed by atoms with E-state index in [1.54, 1.807) is 11.5 Å². The van der Waals surface area contributed by atoms with E-state index in [0.29, 0.717) is 5.92 Å². The van der Waals surface area contributed by atoms with E-state index in [-0.39, 0.29) is 11.9 Å². The first-order valence-electron chi connectivity index (χ1n) is 7.08. The second-order valence-electron chi connectivity index (χ2n) is 5.15. The third-order valence-electron chi connectivity index (χ3n) is 3.03. The zero-order valence-corrected chi connectivity index (χ0v) is 12.8. The highest BCUT2D eigenvalue weighted by Crippen LogP contribution is 2.18. The second kappa shape index (κ2) is 7.33. The highest BCUT2D eigenvalue weighted by Gasteiger charge is 2.03. The van der Waals surface area contributed by atoms with Crippen LogP contribution >= 0.6 is 0 Å². The van der Waals surface area contributed by atoms with Gasteiger partial charge in [0.05, 0.1) is 5.69 Å². The standard InChI is InChI=1S/C16H20N6/c1-11(2)12-6-8-13(9-7-12)20-15(17)22-16(18)21-14-5-3-4-10-19-14/h3-11H,1-2H3,(H5,17,18,19,20,21,22)/p+1. The Balaban J connectivity index is 2.06. The summed E-state index contributed by atoms with van der Waals surface area (Å²) in [6, 6.07) is 13.4. The maximum Gasteiger partial charge on any atom is 0.306 e. The van der Waals surface area contributed by atoms with Crippen molar-refractivity contribution in [2.45, 2.75) is 19.8 Å². The highest BCUT2D eigenvalue weighted by atomic mass is 15.2. The van der Waals surface area contributed by atoms with E-state index in [4.69, 9.17) is 11.5 Å². The van der Waals surface area contributed by atoms with E-state index in [1.165, 1.54) is 5.56 Å². The Bertz CT molecular complexity index is 659. The van der Waals surface area contributed by atoms with Gasteiger partial charge in [-0.15, -0.1) is 4.99 Å². The Kier molecular flexibility index (Phi) is 5.21. The largest absolute Gasteiger partial charge is 0.368 e. The lowest BCUT2D eigenvalue weighted by molar-refractivity contribution is -0.450. The monoisotopic (exact) mass is 297 g/mol. The molecule has 1 aromatic heterocycles. The second-order valence-corrected chi connectivity index (χ2v) is 5.15. The van der Waals surface area contributed by atoms with E-state index >= 15 is 0 Å². The molecule has 0 spiro atoms. The van der Waals surface area contributed by atoms with Gasteiger partial charge in [0.15, 0.2) is 0 Å². The summed E-state index contributed by atoms with van der Waals surface area (Å²) in [5, 5.41) is 1.64. The number of nitrogens with zero attached hydrogens (tertiary/aromatic N) is 3. The van der Waals surface area contributed by atoms with Gasteiger partial charge in [-0.3, -0.25) is 0 Å². The molecule has 0 fully saturated rings. The molecule has 0 unspecified atom stereocenters. The Morgan fingerprint density at radius 1 is 1.09 bits per heavy atom. The first-order chi connectivity index (χ1) is 10.5. The average Bonchev–Trinajstić information content (AvgIpc) is 2.48. The predicted octanol–water partition coefficient (Wildman–Crippen LogP) is 1.36. The van der Waals surface area contributed by atoms with Crippen LogP contribution in [0, 0.1) is 0 Å². The summed E-state index contributed by atoms with van der Waals surface area (Å²) in [4.78, 5) is 12.4. The van der Waals surface area contributed by atoms with Gasteiger partial charge in [0.25, 0.3) is 0 Å². The lowest BCUT2D eigenvalue weighted by Gasteiger charge is -2.04. The van der Waals surface area contributed by atoms with Crippen LogP contribution in [0.3, 0.4) is 0 Å². The van der Waals surface area contributed by atoms with Crippen LogP contribution in [0.4, 0.5) is 11.5 Å². The lowest BCUT2D eigenvalue weighted by atomic mass is 10.0. The van der Waals surface area contributed by atoms with Gasteiger partial charge >= 0.3 is 5.96 Å². The first-order valence-corrected chi connectivity index (χ1v) is 7.08. The van der Waals surface area contributed by atoms with Gasteiger partial charge in [-0.25, -0.2) is 15.3 Å². The Labute approximate surface area is 130 Å². The summed E-state index contributed by atoms with van der Waals surface area (Å²) in [6.45, 7) is 4.29. The Morgan fingerprint density at radius 3 is 2.41 bits per heavy atom. The first kappa shape index (κ1) is 15.7. The quantitative estimate of drug-likeness (QED) is 0.588. The summed E-state index contributed by atoms with van der Waals surface area (Å²) in [6.07, 6.45) is 1.69. The van der Waals surface area contributed by atoms with Gasteiger partial charge in [-0.1, -0.05) is 32.0 Å². The fraction of sp³-hybridized carbons (Fsp3) is 0.188. The predicted molar refractivity (Wildman–Crippen MR) is 89.3 cm³/mol. The zero-order chi connectivity index (χ0) is 15.9. The molecule has 2 rings (SSSR count). The number of nitrogens with two attached hydrogens (primary N) is 3. The third-order valence-corrected chi connectivity index (χ3v) is 3.03. The van der Waals surface area contributed by atoms with Crippen molar-refractivity contribution in [3.63, 3.8) is 0 Å². The van der Waals surface area contributed by atoms with Crippen molar-refractivity contribution < 1.29 is 5.32 Å². The van der Waals surface area contributed by atoms with Crippen LogP contribution < -0.4 is 16.8 Å². The molecule has 22 heavy (non-hydrogen) atoms. The molecular formula is C16H21N6+. The van der Waals surface area contributed by atoms with Crippen molar-refractivity contribution in [2.24, 2.45) is 21.5 Å². The average molecular weight is 297 g/mol. The number of benzene rings is 1. The molecule has 114 valence electrons. The summed E-state index contributed by atoms with van der Waals surface area (Å²) in [5.74, 6) is 1.58. The number of rotatable bonds is 3. The van der Waals surface area contributed by atoms with Crippen LogP contribution in [-0.2, 0) is 0 Å². The SMILES string of the molecule is CC(C)c1ccc(N=C(N)N=C(N)[NH2+]c2ccccn2)cc1. The molecule has 0 saturated heterocycles. The van der Waals surface area contributed by atoms with Crippen LogP contribution in [0.25, 0.3) is 0 Å². The van der Waals surface area contributed by atoms with Crippen molar-refractivity contribution in [3.8, 4) is 0 Å². The topological polar surface area (TPSA) is 106 Å². The molecule has 0 radical (unpaired) electrons. The molecule has 6 heteroatoms. The van der Waals surface area contributed by atoms with Gasteiger partial charge in [-0.05, 0) is 29.7 Å². The molecule has 6 nitrogen and oxygen atoms in total. The van der Waals surface area contributed by atoms with Crippen molar-refractivity contribution in [1.82, 2.24) is 4.98 Å². The molecule has 0 aliphatic rings. The van der Waals surface area contributed by atoms with Crippen molar-refractivity contribution in [3.05, 3.63) is 54.2 Å². The molecule has 0 aliphatic heterocycles. The Hall–Kier alpha value is -2.73. The molecule has 1 heterocycles. The van der Waals surface area contributed by atoms with Crippen LogP contribution in [0.2, 0.25) is 0 Å². The maximum absolute atomic E-state index is 5.82.